The van der Waals surface area contributed by atoms with Gasteiger partial charge in [0.05, 0.1) is 5.56 Å². The largest absolute Gasteiger partial charge is 0.460 e. The Balaban J connectivity index is 2.44. The number of amides is 1. The topological polar surface area (TPSA) is 42.2 Å². The van der Waals surface area contributed by atoms with Crippen LogP contribution in [0, 0.1) is 0 Å². The number of carbonyl (C=O) groups is 1. The molecule has 2 rings (SSSR count). The fraction of sp³-hybridized carbons (Fsp3) is 0.471. The van der Waals surface area contributed by atoms with E-state index in [2.05, 4.69) is 12.2 Å². The van der Waals surface area contributed by atoms with E-state index in [4.69, 9.17) is 4.42 Å². The molecule has 20 heavy (non-hydrogen) atoms. The van der Waals surface area contributed by atoms with Crippen molar-refractivity contribution < 1.29 is 9.21 Å². The van der Waals surface area contributed by atoms with Crippen molar-refractivity contribution in [1.82, 2.24) is 5.32 Å². The van der Waals surface area contributed by atoms with Gasteiger partial charge in [0.25, 0.3) is 5.91 Å². The van der Waals surface area contributed by atoms with Crippen molar-refractivity contribution in [3.05, 3.63) is 35.6 Å². The smallest absolute Gasteiger partial charge is 0.255 e. The Labute approximate surface area is 120 Å². The maximum atomic E-state index is 12.5. The van der Waals surface area contributed by atoms with Crippen LogP contribution in [0.5, 0.6) is 0 Å². The first-order chi connectivity index (χ1) is 9.42. The lowest BCUT2D eigenvalue weighted by Crippen LogP contribution is -2.40. The first-order valence-corrected chi connectivity index (χ1v) is 7.25. The van der Waals surface area contributed by atoms with E-state index in [0.717, 1.165) is 36.0 Å². The average molecular weight is 273 g/mol. The summed E-state index contributed by atoms with van der Waals surface area (Å²) in [6.07, 6.45) is 2.91. The second-order valence-corrected chi connectivity index (χ2v) is 6.20. The second-order valence-electron chi connectivity index (χ2n) is 6.20. The zero-order chi connectivity index (χ0) is 14.8. The molecule has 3 heteroatoms. The number of furan rings is 1. The van der Waals surface area contributed by atoms with E-state index >= 15 is 0 Å². The van der Waals surface area contributed by atoms with Crippen LogP contribution in [0.25, 0.3) is 11.0 Å². The van der Waals surface area contributed by atoms with Crippen LogP contribution in [0.15, 0.2) is 28.7 Å². The highest BCUT2D eigenvalue weighted by Gasteiger charge is 2.23. The lowest BCUT2D eigenvalue weighted by Gasteiger charge is -2.20. The molecule has 0 aliphatic rings. The summed E-state index contributed by atoms with van der Waals surface area (Å²) in [6.45, 7) is 8.09. The van der Waals surface area contributed by atoms with Gasteiger partial charge in [0.1, 0.15) is 11.3 Å². The SMILES string of the molecule is CCCCc1oc2ccccc2c1C(=O)NC(C)(C)C. The quantitative estimate of drug-likeness (QED) is 0.902. The fourth-order valence-electron chi connectivity index (χ4n) is 2.26. The third-order valence-corrected chi connectivity index (χ3v) is 3.14. The molecule has 3 nitrogen and oxygen atoms in total. The molecule has 0 fully saturated rings. The normalized spacial score (nSPS) is 11.8. The number of nitrogens with one attached hydrogen (secondary N) is 1. The number of hydrogen-bond donors (Lipinski definition) is 1. The van der Waals surface area contributed by atoms with Gasteiger partial charge >= 0.3 is 0 Å². The Morgan fingerprint density at radius 2 is 1.95 bits per heavy atom. The minimum Gasteiger partial charge on any atom is -0.460 e. The Kier molecular flexibility index (Phi) is 4.17. The van der Waals surface area contributed by atoms with Crippen molar-refractivity contribution in [1.29, 1.82) is 0 Å². The van der Waals surface area contributed by atoms with Crippen LogP contribution in [0.4, 0.5) is 0 Å². The Hall–Kier alpha value is -1.77. The van der Waals surface area contributed by atoms with Crippen LogP contribution in [-0.4, -0.2) is 11.4 Å². The molecule has 0 spiro atoms. The Bertz CT molecular complexity index is 605. The number of aryl methyl sites for hydroxylation is 1. The van der Waals surface area contributed by atoms with Gasteiger partial charge in [-0.3, -0.25) is 4.79 Å². The van der Waals surface area contributed by atoms with Gasteiger partial charge in [-0.25, -0.2) is 0 Å². The van der Waals surface area contributed by atoms with Gasteiger partial charge in [-0.1, -0.05) is 31.5 Å². The van der Waals surface area contributed by atoms with Gasteiger partial charge < -0.3 is 9.73 Å². The molecule has 1 amide bonds. The molecule has 1 heterocycles. The summed E-state index contributed by atoms with van der Waals surface area (Å²) in [4.78, 5) is 12.5. The molecule has 108 valence electrons. The average Bonchev–Trinajstić information content (AvgIpc) is 2.72. The van der Waals surface area contributed by atoms with E-state index in [1.54, 1.807) is 0 Å². The predicted molar refractivity (Wildman–Crippen MR) is 82.0 cm³/mol. The lowest BCUT2D eigenvalue weighted by atomic mass is 10.0. The van der Waals surface area contributed by atoms with Crippen molar-refractivity contribution in [2.45, 2.75) is 52.5 Å². The van der Waals surface area contributed by atoms with Gasteiger partial charge in [-0.15, -0.1) is 0 Å². The standard InChI is InChI=1S/C17H23NO2/c1-5-6-10-14-15(16(19)18-17(2,3)4)12-9-7-8-11-13(12)20-14/h7-9,11H,5-6,10H2,1-4H3,(H,18,19). The van der Waals surface area contributed by atoms with E-state index in [9.17, 15) is 4.79 Å². The number of rotatable bonds is 4. The highest BCUT2D eigenvalue weighted by Crippen LogP contribution is 2.27. The first-order valence-electron chi connectivity index (χ1n) is 7.25. The molecule has 0 aliphatic carbocycles. The van der Waals surface area contributed by atoms with Crippen molar-refractivity contribution in [2.75, 3.05) is 0 Å². The zero-order valence-corrected chi connectivity index (χ0v) is 12.7. The molecule has 0 bridgehead atoms. The zero-order valence-electron chi connectivity index (χ0n) is 12.7. The monoisotopic (exact) mass is 273 g/mol. The number of hydrogen-bond acceptors (Lipinski definition) is 2. The van der Waals surface area contributed by atoms with Crippen molar-refractivity contribution in [3.63, 3.8) is 0 Å². The molecular formula is C17H23NO2. The van der Waals surface area contributed by atoms with E-state index in [-0.39, 0.29) is 11.4 Å². The minimum atomic E-state index is -0.252. The van der Waals surface area contributed by atoms with Crippen LogP contribution in [0.1, 0.15) is 56.7 Å². The maximum absolute atomic E-state index is 12.5. The lowest BCUT2D eigenvalue weighted by molar-refractivity contribution is 0.0919. The van der Waals surface area contributed by atoms with Crippen molar-refractivity contribution in [3.8, 4) is 0 Å². The third kappa shape index (κ3) is 3.21. The van der Waals surface area contributed by atoms with Crippen LogP contribution in [0.2, 0.25) is 0 Å². The maximum Gasteiger partial charge on any atom is 0.255 e. The van der Waals surface area contributed by atoms with Gasteiger partial charge in [-0.05, 0) is 33.3 Å². The molecule has 1 aromatic carbocycles. The number of benzene rings is 1. The summed E-state index contributed by atoms with van der Waals surface area (Å²) < 4.78 is 5.88. The van der Waals surface area contributed by atoms with E-state index in [1.807, 2.05) is 45.0 Å². The number of unbranched alkanes of at least 4 members (excludes halogenated alkanes) is 1. The molecule has 0 atom stereocenters. The molecule has 0 saturated carbocycles. The van der Waals surface area contributed by atoms with Crippen molar-refractivity contribution >= 4 is 16.9 Å². The van der Waals surface area contributed by atoms with Crippen molar-refractivity contribution in [2.24, 2.45) is 0 Å². The van der Waals surface area contributed by atoms with E-state index in [1.165, 1.54) is 0 Å². The van der Waals surface area contributed by atoms with Gasteiger partial charge in [-0.2, -0.15) is 0 Å². The van der Waals surface area contributed by atoms with Gasteiger partial charge in [0, 0.05) is 17.3 Å². The highest BCUT2D eigenvalue weighted by atomic mass is 16.3. The summed E-state index contributed by atoms with van der Waals surface area (Å²) in [5.41, 5.74) is 1.24. The molecule has 1 aromatic heterocycles. The summed E-state index contributed by atoms with van der Waals surface area (Å²) in [5.74, 6) is 0.753. The molecule has 0 radical (unpaired) electrons. The van der Waals surface area contributed by atoms with E-state index in [0.29, 0.717) is 5.56 Å². The number of para-hydroxylation sites is 1. The Morgan fingerprint density at radius 3 is 2.60 bits per heavy atom. The minimum absolute atomic E-state index is 0.0476. The summed E-state index contributed by atoms with van der Waals surface area (Å²) in [7, 11) is 0. The van der Waals surface area contributed by atoms with Crippen LogP contribution in [0.3, 0.4) is 0 Å². The highest BCUT2D eigenvalue weighted by molar-refractivity contribution is 6.07. The van der Waals surface area contributed by atoms with E-state index < -0.39 is 0 Å². The Morgan fingerprint density at radius 1 is 1.25 bits per heavy atom. The predicted octanol–water partition coefficient (Wildman–Crippen LogP) is 4.30. The van der Waals surface area contributed by atoms with Gasteiger partial charge in [0.2, 0.25) is 0 Å². The second kappa shape index (κ2) is 5.70. The molecular weight excluding hydrogens is 250 g/mol. The molecule has 0 saturated heterocycles. The third-order valence-electron chi connectivity index (χ3n) is 3.14. The number of fused-ring (bicyclic) bond motifs is 1. The summed E-state index contributed by atoms with van der Waals surface area (Å²) in [6, 6.07) is 7.74. The van der Waals surface area contributed by atoms with Crippen LogP contribution >= 0.6 is 0 Å². The number of carbonyl (C=O) groups excluding carboxylic acids is 1. The molecule has 0 aliphatic heterocycles. The fourth-order valence-corrected chi connectivity index (χ4v) is 2.26. The molecule has 2 aromatic rings. The van der Waals surface area contributed by atoms with Gasteiger partial charge in [0.15, 0.2) is 0 Å². The summed E-state index contributed by atoms with van der Waals surface area (Å²) >= 11 is 0. The summed E-state index contributed by atoms with van der Waals surface area (Å²) in [5, 5.41) is 3.93. The van der Waals surface area contributed by atoms with Crippen LogP contribution in [-0.2, 0) is 6.42 Å². The van der Waals surface area contributed by atoms with Crippen LogP contribution < -0.4 is 5.32 Å². The molecule has 0 unspecified atom stereocenters. The first kappa shape index (κ1) is 14.6. The molecule has 1 N–H and O–H groups in total.